The molecule has 0 unspecified atom stereocenters. The lowest BCUT2D eigenvalue weighted by atomic mass is 10.3. The van der Waals surface area contributed by atoms with Crippen LogP contribution in [-0.4, -0.2) is 49.4 Å². The Kier molecular flexibility index (Phi) is 4.95. The Balaban J connectivity index is 2.07. The highest BCUT2D eigenvalue weighted by Gasteiger charge is 2.14. The summed E-state index contributed by atoms with van der Waals surface area (Å²) in [6.45, 7) is 9.02. The predicted molar refractivity (Wildman–Crippen MR) is 84.1 cm³/mol. The maximum Gasteiger partial charge on any atom is 0.233 e. The van der Waals surface area contributed by atoms with E-state index in [9.17, 15) is 4.79 Å². The summed E-state index contributed by atoms with van der Waals surface area (Å²) in [5, 5.41) is 5.83. The molecule has 0 aliphatic carbocycles. The van der Waals surface area contributed by atoms with Crippen molar-refractivity contribution in [3.05, 3.63) is 24.7 Å². The zero-order valence-electron chi connectivity index (χ0n) is 12.5. The van der Waals surface area contributed by atoms with Gasteiger partial charge in [0.15, 0.2) is 5.65 Å². The Labute approximate surface area is 128 Å². The molecule has 2 heterocycles. The predicted octanol–water partition coefficient (Wildman–Crippen LogP) is 1.88. The first-order valence-electron chi connectivity index (χ1n) is 6.70. The molecule has 0 radical (unpaired) electrons. The standard InChI is InChI=1S/C14H19N5OS/c1-5-19(7-10(2)3)12(20)8-21-14-11-6-17-18(4)13(11)15-9-16-14/h6,9H,2,5,7-8H2,1,3-4H3. The molecule has 0 N–H and O–H groups in total. The molecule has 0 aliphatic rings. The van der Waals surface area contributed by atoms with Crippen LogP contribution in [0.2, 0.25) is 0 Å². The van der Waals surface area contributed by atoms with Crippen molar-refractivity contribution in [1.29, 1.82) is 0 Å². The molecule has 0 bridgehead atoms. The second-order valence-corrected chi connectivity index (χ2v) is 5.80. The van der Waals surface area contributed by atoms with Gasteiger partial charge in [-0.05, 0) is 13.8 Å². The first kappa shape index (κ1) is 15.5. The number of thioether (sulfide) groups is 1. The third-order valence-electron chi connectivity index (χ3n) is 3.02. The Hall–Kier alpha value is -1.89. The van der Waals surface area contributed by atoms with Crippen LogP contribution in [0.25, 0.3) is 11.0 Å². The minimum absolute atomic E-state index is 0.0844. The number of aryl methyl sites for hydroxylation is 1. The molecule has 0 saturated carbocycles. The van der Waals surface area contributed by atoms with Crippen molar-refractivity contribution in [3.8, 4) is 0 Å². The summed E-state index contributed by atoms with van der Waals surface area (Å²) in [6.07, 6.45) is 3.23. The largest absolute Gasteiger partial charge is 0.338 e. The van der Waals surface area contributed by atoms with Crippen LogP contribution in [0.5, 0.6) is 0 Å². The number of aromatic nitrogens is 4. The molecule has 0 fully saturated rings. The molecule has 21 heavy (non-hydrogen) atoms. The number of amides is 1. The van der Waals surface area contributed by atoms with E-state index in [0.717, 1.165) is 21.6 Å². The van der Waals surface area contributed by atoms with Gasteiger partial charge in [0.25, 0.3) is 0 Å². The summed E-state index contributed by atoms with van der Waals surface area (Å²) < 4.78 is 1.70. The van der Waals surface area contributed by atoms with Crippen LogP contribution in [0, 0.1) is 0 Å². The lowest BCUT2D eigenvalue weighted by Gasteiger charge is -2.20. The number of fused-ring (bicyclic) bond motifs is 1. The Bertz CT molecular complexity index is 666. The average Bonchev–Trinajstić information content (AvgIpc) is 2.84. The van der Waals surface area contributed by atoms with Gasteiger partial charge < -0.3 is 4.90 Å². The number of carbonyl (C=O) groups is 1. The Morgan fingerprint density at radius 1 is 1.48 bits per heavy atom. The molecule has 1 amide bonds. The van der Waals surface area contributed by atoms with Crippen LogP contribution in [0.15, 0.2) is 29.7 Å². The normalized spacial score (nSPS) is 10.8. The highest BCUT2D eigenvalue weighted by atomic mass is 32.2. The van der Waals surface area contributed by atoms with E-state index >= 15 is 0 Å². The maximum absolute atomic E-state index is 12.2. The van der Waals surface area contributed by atoms with Gasteiger partial charge in [-0.3, -0.25) is 9.48 Å². The van der Waals surface area contributed by atoms with E-state index < -0.39 is 0 Å². The quantitative estimate of drug-likeness (QED) is 0.463. The van der Waals surface area contributed by atoms with Crippen molar-refractivity contribution in [2.24, 2.45) is 7.05 Å². The minimum Gasteiger partial charge on any atom is -0.338 e. The number of nitrogens with zero attached hydrogens (tertiary/aromatic N) is 5. The second kappa shape index (κ2) is 6.71. The van der Waals surface area contributed by atoms with Gasteiger partial charge in [-0.25, -0.2) is 9.97 Å². The van der Waals surface area contributed by atoms with E-state index in [0.29, 0.717) is 18.8 Å². The van der Waals surface area contributed by atoms with Crippen molar-refractivity contribution in [2.75, 3.05) is 18.8 Å². The van der Waals surface area contributed by atoms with E-state index in [-0.39, 0.29) is 5.91 Å². The zero-order valence-corrected chi connectivity index (χ0v) is 13.4. The Morgan fingerprint density at radius 2 is 2.24 bits per heavy atom. The third kappa shape index (κ3) is 3.60. The second-order valence-electron chi connectivity index (χ2n) is 4.84. The zero-order chi connectivity index (χ0) is 15.4. The van der Waals surface area contributed by atoms with Crippen molar-refractivity contribution in [1.82, 2.24) is 24.6 Å². The molecule has 0 aliphatic heterocycles. The van der Waals surface area contributed by atoms with Crippen molar-refractivity contribution < 1.29 is 4.79 Å². The first-order chi connectivity index (χ1) is 10.0. The summed E-state index contributed by atoms with van der Waals surface area (Å²) in [6, 6.07) is 0. The molecule has 0 spiro atoms. The van der Waals surface area contributed by atoms with E-state index in [2.05, 4.69) is 21.6 Å². The molecule has 0 saturated heterocycles. The van der Waals surface area contributed by atoms with Gasteiger partial charge >= 0.3 is 0 Å². The van der Waals surface area contributed by atoms with Gasteiger partial charge in [-0.15, -0.1) is 0 Å². The molecule has 2 aromatic rings. The molecule has 7 heteroatoms. The van der Waals surface area contributed by atoms with E-state index in [1.54, 1.807) is 15.8 Å². The number of likely N-dealkylation sites (N-methyl/N-ethyl adjacent to an activating group) is 1. The summed E-state index contributed by atoms with van der Waals surface area (Å²) in [4.78, 5) is 22.4. The van der Waals surface area contributed by atoms with Gasteiger partial charge in [-0.2, -0.15) is 5.10 Å². The molecule has 6 nitrogen and oxygen atoms in total. The summed E-state index contributed by atoms with van der Waals surface area (Å²) >= 11 is 1.42. The summed E-state index contributed by atoms with van der Waals surface area (Å²) in [5.74, 6) is 0.434. The topological polar surface area (TPSA) is 63.9 Å². The molecule has 2 aromatic heterocycles. The monoisotopic (exact) mass is 305 g/mol. The van der Waals surface area contributed by atoms with Crippen molar-refractivity contribution in [2.45, 2.75) is 18.9 Å². The maximum atomic E-state index is 12.2. The van der Waals surface area contributed by atoms with Gasteiger partial charge in [0.1, 0.15) is 11.4 Å². The number of hydrogen-bond donors (Lipinski definition) is 0. The lowest BCUT2D eigenvalue weighted by molar-refractivity contribution is -0.127. The minimum atomic E-state index is 0.0844. The SMILES string of the molecule is C=C(C)CN(CC)C(=O)CSc1ncnc2c1cnn2C. The first-order valence-corrected chi connectivity index (χ1v) is 7.69. The van der Waals surface area contributed by atoms with Crippen molar-refractivity contribution >= 4 is 28.7 Å². The van der Waals surface area contributed by atoms with Gasteiger partial charge in [0.2, 0.25) is 5.91 Å². The third-order valence-corrected chi connectivity index (χ3v) is 4.01. The molecule has 112 valence electrons. The van der Waals surface area contributed by atoms with Crippen LogP contribution in [0.1, 0.15) is 13.8 Å². The Morgan fingerprint density at radius 3 is 2.90 bits per heavy atom. The fourth-order valence-electron chi connectivity index (χ4n) is 1.98. The number of rotatable bonds is 6. The van der Waals surface area contributed by atoms with Crippen LogP contribution in [-0.2, 0) is 11.8 Å². The van der Waals surface area contributed by atoms with Gasteiger partial charge in [0.05, 0.1) is 17.3 Å². The van der Waals surface area contributed by atoms with Gasteiger partial charge in [-0.1, -0.05) is 23.9 Å². The molecular weight excluding hydrogens is 286 g/mol. The van der Waals surface area contributed by atoms with E-state index in [1.807, 2.05) is 20.9 Å². The smallest absolute Gasteiger partial charge is 0.233 e. The van der Waals surface area contributed by atoms with E-state index in [1.165, 1.54) is 18.1 Å². The fourth-order valence-corrected chi connectivity index (χ4v) is 2.84. The van der Waals surface area contributed by atoms with Crippen molar-refractivity contribution in [3.63, 3.8) is 0 Å². The number of hydrogen-bond acceptors (Lipinski definition) is 5. The highest BCUT2D eigenvalue weighted by Crippen LogP contribution is 2.24. The highest BCUT2D eigenvalue weighted by molar-refractivity contribution is 8.00. The van der Waals surface area contributed by atoms with Crippen LogP contribution < -0.4 is 0 Å². The van der Waals surface area contributed by atoms with E-state index in [4.69, 9.17) is 0 Å². The summed E-state index contributed by atoms with van der Waals surface area (Å²) in [7, 11) is 1.83. The molecule has 0 atom stereocenters. The average molecular weight is 305 g/mol. The fraction of sp³-hybridized carbons (Fsp3) is 0.429. The molecule has 0 aromatic carbocycles. The van der Waals surface area contributed by atoms with Crippen LogP contribution in [0.4, 0.5) is 0 Å². The molecule has 2 rings (SSSR count). The van der Waals surface area contributed by atoms with Gasteiger partial charge in [0, 0.05) is 20.1 Å². The summed E-state index contributed by atoms with van der Waals surface area (Å²) in [5.41, 5.74) is 1.75. The van der Waals surface area contributed by atoms with Crippen LogP contribution in [0.3, 0.4) is 0 Å². The molecular formula is C14H19N5OS. The van der Waals surface area contributed by atoms with Crippen LogP contribution >= 0.6 is 11.8 Å². The lowest BCUT2D eigenvalue weighted by Crippen LogP contribution is -2.33. The number of carbonyl (C=O) groups excluding carboxylic acids is 1.